The molecule has 1 atom stereocenters. The van der Waals surface area contributed by atoms with E-state index in [1.807, 2.05) is 13.0 Å². The van der Waals surface area contributed by atoms with Crippen molar-refractivity contribution in [3.8, 4) is 5.75 Å². The Morgan fingerprint density at radius 3 is 2.79 bits per heavy atom. The van der Waals surface area contributed by atoms with Gasteiger partial charge in [0.15, 0.2) is 0 Å². The molecule has 1 aliphatic rings. The minimum Gasteiger partial charge on any atom is -0.495 e. The van der Waals surface area contributed by atoms with Gasteiger partial charge in [-0.1, -0.05) is 11.6 Å². The molecule has 128 valence electrons. The molecule has 1 aromatic carbocycles. The second kappa shape index (κ2) is 7.23. The minimum atomic E-state index is -0.118. The van der Waals surface area contributed by atoms with Gasteiger partial charge in [0, 0.05) is 23.0 Å². The molecule has 24 heavy (non-hydrogen) atoms. The first-order valence-electron chi connectivity index (χ1n) is 7.96. The van der Waals surface area contributed by atoms with Crippen LogP contribution in [0.1, 0.15) is 31.4 Å². The number of methoxy groups -OCH3 is 1. The Kier molecular flexibility index (Phi) is 5.06. The Bertz CT molecular complexity index is 722. The van der Waals surface area contributed by atoms with Crippen LogP contribution in [-0.4, -0.2) is 34.8 Å². The fraction of sp³-hybridized carbons (Fsp3) is 0.412. The summed E-state index contributed by atoms with van der Waals surface area (Å²) in [6.45, 7) is 1.89. The first-order valence-corrected chi connectivity index (χ1v) is 8.33. The largest absolute Gasteiger partial charge is 0.495 e. The molecule has 0 aliphatic heterocycles. The maximum atomic E-state index is 9.23. The summed E-state index contributed by atoms with van der Waals surface area (Å²) < 4.78 is 5.36. The molecule has 2 aromatic rings. The topological polar surface area (TPSA) is 79.3 Å². The highest BCUT2D eigenvalue weighted by molar-refractivity contribution is 6.31. The predicted octanol–water partition coefficient (Wildman–Crippen LogP) is 3.55. The van der Waals surface area contributed by atoms with Gasteiger partial charge >= 0.3 is 0 Å². The Hall–Kier alpha value is -2.05. The molecule has 1 saturated carbocycles. The highest BCUT2D eigenvalue weighted by Gasteiger charge is 2.26. The smallest absolute Gasteiger partial charge is 0.225 e. The van der Waals surface area contributed by atoms with E-state index in [1.54, 1.807) is 25.3 Å². The lowest BCUT2D eigenvalue weighted by Gasteiger charge is -2.15. The van der Waals surface area contributed by atoms with Gasteiger partial charge in [-0.15, -0.1) is 0 Å². The normalized spacial score (nSPS) is 15.0. The van der Waals surface area contributed by atoms with Crippen molar-refractivity contribution in [3.05, 3.63) is 35.0 Å². The average Bonchev–Trinajstić information content (AvgIpc) is 3.39. The Balaban J connectivity index is 1.90. The lowest BCUT2D eigenvalue weighted by Crippen LogP contribution is -2.21. The lowest BCUT2D eigenvalue weighted by atomic mass is 10.2. The summed E-state index contributed by atoms with van der Waals surface area (Å²) in [5, 5.41) is 16.2. The maximum Gasteiger partial charge on any atom is 0.225 e. The van der Waals surface area contributed by atoms with Crippen molar-refractivity contribution in [1.29, 1.82) is 0 Å². The van der Waals surface area contributed by atoms with Crippen LogP contribution in [0.3, 0.4) is 0 Å². The number of aliphatic hydroxyl groups is 1. The maximum absolute atomic E-state index is 9.23. The van der Waals surface area contributed by atoms with Crippen molar-refractivity contribution in [3.63, 3.8) is 0 Å². The second-order valence-corrected chi connectivity index (χ2v) is 6.41. The summed E-state index contributed by atoms with van der Waals surface area (Å²) in [5.41, 5.74) is 1.74. The van der Waals surface area contributed by atoms with E-state index < -0.39 is 0 Å². The number of nitrogens with zero attached hydrogens (tertiary/aromatic N) is 2. The summed E-state index contributed by atoms with van der Waals surface area (Å²) in [6, 6.07) is 7.21. The molecule has 3 rings (SSSR count). The van der Waals surface area contributed by atoms with Gasteiger partial charge < -0.3 is 20.5 Å². The van der Waals surface area contributed by atoms with E-state index in [-0.39, 0.29) is 12.6 Å². The molecule has 6 nitrogen and oxygen atoms in total. The van der Waals surface area contributed by atoms with Crippen LogP contribution in [0, 0.1) is 0 Å². The molecule has 0 spiro atoms. The van der Waals surface area contributed by atoms with E-state index in [1.165, 1.54) is 0 Å². The number of anilines is 3. The third kappa shape index (κ3) is 4.07. The van der Waals surface area contributed by atoms with E-state index >= 15 is 0 Å². The van der Waals surface area contributed by atoms with Crippen molar-refractivity contribution in [1.82, 2.24) is 9.97 Å². The molecule has 7 heteroatoms. The molecule has 0 radical (unpaired) electrons. The van der Waals surface area contributed by atoms with E-state index in [0.29, 0.717) is 28.5 Å². The van der Waals surface area contributed by atoms with Gasteiger partial charge in [-0.05, 0) is 38.0 Å². The van der Waals surface area contributed by atoms with Crippen LogP contribution < -0.4 is 15.4 Å². The van der Waals surface area contributed by atoms with Crippen LogP contribution in [-0.2, 0) is 0 Å². The number of hydrogen-bond acceptors (Lipinski definition) is 6. The zero-order chi connectivity index (χ0) is 17.1. The Labute approximate surface area is 146 Å². The van der Waals surface area contributed by atoms with Crippen LogP contribution in [0.15, 0.2) is 24.3 Å². The molecule has 0 amide bonds. The number of nitrogens with one attached hydrogen (secondary N) is 2. The number of benzene rings is 1. The summed E-state index contributed by atoms with van der Waals surface area (Å²) in [5.74, 6) is 2.34. The molecule has 1 heterocycles. The van der Waals surface area contributed by atoms with Crippen LogP contribution in [0.2, 0.25) is 5.02 Å². The number of rotatable bonds is 7. The Morgan fingerprint density at radius 2 is 2.12 bits per heavy atom. The summed E-state index contributed by atoms with van der Waals surface area (Å²) in [4.78, 5) is 9.04. The second-order valence-electron chi connectivity index (χ2n) is 5.97. The lowest BCUT2D eigenvalue weighted by molar-refractivity contribution is 0.281. The van der Waals surface area contributed by atoms with Crippen LogP contribution in [0.5, 0.6) is 5.75 Å². The zero-order valence-electron chi connectivity index (χ0n) is 13.7. The van der Waals surface area contributed by atoms with Crippen LogP contribution in [0.25, 0.3) is 0 Å². The van der Waals surface area contributed by atoms with Crippen molar-refractivity contribution in [2.24, 2.45) is 0 Å². The third-order valence-electron chi connectivity index (χ3n) is 3.82. The number of halogens is 1. The third-order valence-corrected chi connectivity index (χ3v) is 4.05. The van der Waals surface area contributed by atoms with Crippen molar-refractivity contribution in [2.75, 3.05) is 24.4 Å². The monoisotopic (exact) mass is 348 g/mol. The SMILES string of the molecule is COc1ccc(Cl)cc1Nc1cc(C2CC2)nc(N[C@@H](C)CO)n1. The molecule has 0 unspecified atom stereocenters. The summed E-state index contributed by atoms with van der Waals surface area (Å²) in [6.07, 6.45) is 2.29. The quantitative estimate of drug-likeness (QED) is 0.710. The fourth-order valence-corrected chi connectivity index (χ4v) is 2.54. The van der Waals surface area contributed by atoms with Crippen molar-refractivity contribution >= 4 is 29.1 Å². The molecule has 0 bridgehead atoms. The van der Waals surface area contributed by atoms with E-state index in [9.17, 15) is 5.11 Å². The van der Waals surface area contributed by atoms with Gasteiger partial charge in [-0.3, -0.25) is 0 Å². The number of aliphatic hydroxyl groups excluding tert-OH is 1. The molecule has 1 aromatic heterocycles. The standard InChI is InChI=1S/C17H21ClN4O2/c1-10(9-23)19-17-21-13(11-3-4-11)8-16(22-17)20-14-7-12(18)5-6-15(14)24-2/h5-8,10-11,23H,3-4,9H2,1-2H3,(H2,19,20,21,22)/t10-/m0/s1. The van der Waals surface area contributed by atoms with E-state index in [2.05, 4.69) is 20.6 Å². The summed E-state index contributed by atoms with van der Waals surface area (Å²) in [7, 11) is 1.61. The first kappa shape index (κ1) is 16.8. The molecule has 1 fully saturated rings. The number of hydrogen-bond donors (Lipinski definition) is 3. The minimum absolute atomic E-state index is 0.0158. The first-order chi connectivity index (χ1) is 11.6. The fourth-order valence-electron chi connectivity index (χ4n) is 2.36. The molecule has 1 aliphatic carbocycles. The van der Waals surface area contributed by atoms with E-state index in [0.717, 1.165) is 24.2 Å². The van der Waals surface area contributed by atoms with E-state index in [4.69, 9.17) is 16.3 Å². The van der Waals surface area contributed by atoms with Gasteiger partial charge in [0.2, 0.25) is 5.95 Å². The van der Waals surface area contributed by atoms with Gasteiger partial charge in [0.25, 0.3) is 0 Å². The van der Waals surface area contributed by atoms with Gasteiger partial charge in [0.1, 0.15) is 11.6 Å². The molecular weight excluding hydrogens is 328 g/mol. The highest BCUT2D eigenvalue weighted by Crippen LogP contribution is 2.40. The zero-order valence-corrected chi connectivity index (χ0v) is 14.5. The molecule has 0 saturated heterocycles. The highest BCUT2D eigenvalue weighted by atomic mass is 35.5. The molecular formula is C17H21ClN4O2. The summed E-state index contributed by atoms with van der Waals surface area (Å²) >= 11 is 6.08. The van der Waals surface area contributed by atoms with Crippen LogP contribution >= 0.6 is 11.6 Å². The van der Waals surface area contributed by atoms with Crippen molar-refractivity contribution in [2.45, 2.75) is 31.7 Å². The molecule has 3 N–H and O–H groups in total. The van der Waals surface area contributed by atoms with Crippen LogP contribution in [0.4, 0.5) is 17.5 Å². The van der Waals surface area contributed by atoms with Gasteiger partial charge in [-0.2, -0.15) is 4.98 Å². The number of ether oxygens (including phenoxy) is 1. The van der Waals surface area contributed by atoms with Crippen molar-refractivity contribution < 1.29 is 9.84 Å². The number of aromatic nitrogens is 2. The van der Waals surface area contributed by atoms with Gasteiger partial charge in [-0.25, -0.2) is 4.98 Å². The van der Waals surface area contributed by atoms with Gasteiger partial charge in [0.05, 0.1) is 25.1 Å². The predicted molar refractivity (Wildman–Crippen MR) is 95.5 cm³/mol. The Morgan fingerprint density at radius 1 is 1.33 bits per heavy atom. The average molecular weight is 349 g/mol.